The van der Waals surface area contributed by atoms with E-state index in [0.717, 1.165) is 17.2 Å². The van der Waals surface area contributed by atoms with Crippen LogP contribution in [0.2, 0.25) is 0 Å². The molecule has 0 aromatic heterocycles. The molecular formula is C22H21NO5. The van der Waals surface area contributed by atoms with Gasteiger partial charge in [0.05, 0.1) is 11.6 Å². The largest absolute Gasteiger partial charge is 0.490 e. The Labute approximate surface area is 164 Å². The van der Waals surface area contributed by atoms with Crippen molar-refractivity contribution >= 4 is 11.9 Å². The first kappa shape index (κ1) is 20.7. The average molecular weight is 379 g/mol. The van der Waals surface area contributed by atoms with Gasteiger partial charge in [-0.1, -0.05) is 37.8 Å². The molecule has 1 unspecified atom stereocenters. The van der Waals surface area contributed by atoms with E-state index in [1.807, 2.05) is 24.3 Å². The Hall–Kier alpha value is -3.59. The van der Waals surface area contributed by atoms with Crippen molar-refractivity contribution in [3.8, 4) is 22.9 Å². The maximum absolute atomic E-state index is 11.5. The first-order valence-electron chi connectivity index (χ1n) is 8.77. The number of nitriles is 1. The van der Waals surface area contributed by atoms with Crippen LogP contribution in [0.15, 0.2) is 61.2 Å². The smallest absolute Gasteiger partial charge is 0.330 e. The lowest BCUT2D eigenvalue weighted by molar-refractivity contribution is -0.158. The minimum Gasteiger partial charge on any atom is -0.490 e. The molecule has 0 aliphatic heterocycles. The van der Waals surface area contributed by atoms with Crippen molar-refractivity contribution < 1.29 is 23.8 Å². The van der Waals surface area contributed by atoms with Crippen molar-refractivity contribution in [1.82, 2.24) is 0 Å². The van der Waals surface area contributed by atoms with E-state index in [1.54, 1.807) is 31.2 Å². The van der Waals surface area contributed by atoms with Gasteiger partial charge in [-0.2, -0.15) is 5.26 Å². The fourth-order valence-electron chi connectivity index (χ4n) is 2.29. The number of nitrogens with zero attached hydrogens (tertiary/aromatic N) is 1. The van der Waals surface area contributed by atoms with Crippen molar-refractivity contribution in [1.29, 1.82) is 5.26 Å². The van der Waals surface area contributed by atoms with Gasteiger partial charge in [0.2, 0.25) is 0 Å². The summed E-state index contributed by atoms with van der Waals surface area (Å²) < 4.78 is 15.8. The van der Waals surface area contributed by atoms with Crippen LogP contribution in [0.4, 0.5) is 0 Å². The molecule has 0 saturated carbocycles. The Morgan fingerprint density at radius 1 is 1.07 bits per heavy atom. The number of rotatable bonds is 9. The third-order valence-electron chi connectivity index (χ3n) is 3.80. The predicted molar refractivity (Wildman–Crippen MR) is 103 cm³/mol. The van der Waals surface area contributed by atoms with E-state index in [1.165, 1.54) is 0 Å². The molecule has 6 heteroatoms. The summed E-state index contributed by atoms with van der Waals surface area (Å²) in [5, 5.41) is 8.86. The van der Waals surface area contributed by atoms with Crippen LogP contribution in [0.3, 0.4) is 0 Å². The molecule has 0 amide bonds. The standard InChI is InChI=1S/C22H21NO5/c1-3-21(24)27-15-20(28-22(25)4-2)14-26-19-11-9-18(10-12-19)17-7-5-16(13-23)6-8-17/h3,5-12,20H,1,4,14-15H2,2H3. The maximum Gasteiger partial charge on any atom is 0.330 e. The van der Waals surface area contributed by atoms with Crippen molar-refractivity contribution in [2.24, 2.45) is 0 Å². The molecule has 0 bridgehead atoms. The second-order valence-corrected chi connectivity index (χ2v) is 5.82. The van der Waals surface area contributed by atoms with Gasteiger partial charge in [-0.3, -0.25) is 4.79 Å². The van der Waals surface area contributed by atoms with Crippen molar-refractivity contribution in [2.75, 3.05) is 13.2 Å². The topological polar surface area (TPSA) is 85.6 Å². The molecule has 2 rings (SSSR count). The summed E-state index contributed by atoms with van der Waals surface area (Å²) in [5.74, 6) is -0.409. The van der Waals surface area contributed by atoms with Gasteiger partial charge in [-0.05, 0) is 35.4 Å². The van der Waals surface area contributed by atoms with Crippen molar-refractivity contribution in [3.05, 3.63) is 66.7 Å². The monoisotopic (exact) mass is 379 g/mol. The van der Waals surface area contributed by atoms with E-state index < -0.39 is 18.0 Å². The van der Waals surface area contributed by atoms with Gasteiger partial charge in [0.1, 0.15) is 19.0 Å². The Kier molecular flexibility index (Phi) is 7.79. The third kappa shape index (κ3) is 6.29. The molecule has 0 spiro atoms. The minimum atomic E-state index is -0.713. The first-order valence-corrected chi connectivity index (χ1v) is 8.77. The normalized spacial score (nSPS) is 11.0. The number of carbonyl (C=O) groups excluding carboxylic acids is 2. The van der Waals surface area contributed by atoms with E-state index >= 15 is 0 Å². The van der Waals surface area contributed by atoms with Crippen LogP contribution < -0.4 is 4.74 Å². The molecule has 6 nitrogen and oxygen atoms in total. The quantitative estimate of drug-likeness (QED) is 0.488. The Bertz CT molecular complexity index is 850. The molecule has 0 heterocycles. The van der Waals surface area contributed by atoms with Gasteiger partial charge in [-0.25, -0.2) is 4.79 Å². The fraction of sp³-hybridized carbons (Fsp3) is 0.227. The van der Waals surface area contributed by atoms with Crippen molar-refractivity contribution in [2.45, 2.75) is 19.4 Å². The van der Waals surface area contributed by atoms with E-state index in [-0.39, 0.29) is 19.6 Å². The molecule has 0 radical (unpaired) electrons. The van der Waals surface area contributed by atoms with E-state index in [4.69, 9.17) is 19.5 Å². The lowest BCUT2D eigenvalue weighted by Gasteiger charge is -2.18. The van der Waals surface area contributed by atoms with Gasteiger partial charge in [0, 0.05) is 12.5 Å². The third-order valence-corrected chi connectivity index (χ3v) is 3.80. The Balaban J connectivity index is 1.97. The summed E-state index contributed by atoms with van der Waals surface area (Å²) in [7, 11) is 0. The van der Waals surface area contributed by atoms with Crippen LogP contribution in [0.1, 0.15) is 18.9 Å². The highest BCUT2D eigenvalue weighted by Crippen LogP contribution is 2.23. The number of esters is 2. The van der Waals surface area contributed by atoms with Crippen LogP contribution >= 0.6 is 0 Å². The number of benzene rings is 2. The van der Waals surface area contributed by atoms with Gasteiger partial charge in [0.25, 0.3) is 0 Å². The number of hydrogen-bond acceptors (Lipinski definition) is 6. The molecule has 0 saturated heterocycles. The van der Waals surface area contributed by atoms with Gasteiger partial charge < -0.3 is 14.2 Å². The maximum atomic E-state index is 11.5. The molecule has 2 aromatic carbocycles. The van der Waals surface area contributed by atoms with Crippen LogP contribution in [0, 0.1) is 11.3 Å². The summed E-state index contributed by atoms with van der Waals surface area (Å²) in [4.78, 5) is 22.8. The Morgan fingerprint density at radius 2 is 1.68 bits per heavy atom. The zero-order chi connectivity index (χ0) is 20.4. The van der Waals surface area contributed by atoms with E-state index in [9.17, 15) is 9.59 Å². The molecule has 1 atom stereocenters. The summed E-state index contributed by atoms with van der Waals surface area (Å²) in [5.41, 5.74) is 2.57. The highest BCUT2D eigenvalue weighted by atomic mass is 16.6. The second-order valence-electron chi connectivity index (χ2n) is 5.82. The van der Waals surface area contributed by atoms with Crippen LogP contribution in [-0.2, 0) is 19.1 Å². The van der Waals surface area contributed by atoms with Crippen LogP contribution in [-0.4, -0.2) is 31.3 Å². The zero-order valence-electron chi connectivity index (χ0n) is 15.6. The summed E-state index contributed by atoms with van der Waals surface area (Å²) in [6.45, 7) is 4.94. The lowest BCUT2D eigenvalue weighted by Crippen LogP contribution is -2.30. The molecule has 0 N–H and O–H groups in total. The van der Waals surface area contributed by atoms with E-state index in [0.29, 0.717) is 11.3 Å². The predicted octanol–water partition coefficient (Wildman–Crippen LogP) is 3.66. The SMILES string of the molecule is C=CC(=O)OCC(COc1ccc(-c2ccc(C#N)cc2)cc1)OC(=O)CC. The van der Waals surface area contributed by atoms with Gasteiger partial charge in [0.15, 0.2) is 6.10 Å². The number of hydrogen-bond donors (Lipinski definition) is 0. The molecule has 28 heavy (non-hydrogen) atoms. The summed E-state index contributed by atoms with van der Waals surface area (Å²) in [6, 6.07) is 16.7. The molecule has 2 aromatic rings. The molecule has 144 valence electrons. The highest BCUT2D eigenvalue weighted by molar-refractivity contribution is 5.81. The Morgan fingerprint density at radius 3 is 2.21 bits per heavy atom. The lowest BCUT2D eigenvalue weighted by atomic mass is 10.0. The fourth-order valence-corrected chi connectivity index (χ4v) is 2.29. The van der Waals surface area contributed by atoms with E-state index in [2.05, 4.69) is 12.6 Å². The zero-order valence-corrected chi connectivity index (χ0v) is 15.6. The molecule has 0 aliphatic carbocycles. The molecular weight excluding hydrogens is 358 g/mol. The average Bonchev–Trinajstić information content (AvgIpc) is 2.75. The number of carbonyl (C=O) groups is 2. The summed E-state index contributed by atoms with van der Waals surface area (Å²) in [6.07, 6.45) is 0.543. The minimum absolute atomic E-state index is 0.0480. The number of ether oxygens (including phenoxy) is 3. The first-order chi connectivity index (χ1) is 13.5. The second kappa shape index (κ2) is 10.5. The van der Waals surface area contributed by atoms with Gasteiger partial charge >= 0.3 is 11.9 Å². The highest BCUT2D eigenvalue weighted by Gasteiger charge is 2.16. The van der Waals surface area contributed by atoms with Crippen molar-refractivity contribution in [3.63, 3.8) is 0 Å². The molecule has 0 fully saturated rings. The molecule has 0 aliphatic rings. The van der Waals surface area contributed by atoms with Crippen LogP contribution in [0.5, 0.6) is 5.75 Å². The summed E-state index contributed by atoms with van der Waals surface area (Å²) >= 11 is 0. The van der Waals surface area contributed by atoms with Crippen LogP contribution in [0.25, 0.3) is 11.1 Å². The van der Waals surface area contributed by atoms with Gasteiger partial charge in [-0.15, -0.1) is 0 Å².